The second-order valence-electron chi connectivity index (χ2n) is 6.30. The maximum absolute atomic E-state index is 12.4. The molecule has 7 heteroatoms. The third-order valence-electron chi connectivity index (χ3n) is 4.45. The molecule has 0 spiro atoms. The van der Waals surface area contributed by atoms with Crippen molar-refractivity contribution >= 4 is 15.7 Å². The molecule has 1 aromatic heterocycles. The second kappa shape index (κ2) is 6.94. The molecule has 2 heterocycles. The van der Waals surface area contributed by atoms with Crippen molar-refractivity contribution in [1.82, 2.24) is 14.9 Å². The molecular weight excluding hydrogens is 324 g/mol. The van der Waals surface area contributed by atoms with Gasteiger partial charge < -0.3 is 4.90 Å². The Kier molecular flexibility index (Phi) is 4.91. The fourth-order valence-corrected chi connectivity index (χ4v) is 4.55. The summed E-state index contributed by atoms with van der Waals surface area (Å²) in [6, 6.07) is 8.12. The first-order valence-electron chi connectivity index (χ1n) is 8.32. The number of hydrogen-bond donors (Lipinski definition) is 2. The molecule has 130 valence electrons. The van der Waals surface area contributed by atoms with E-state index >= 15 is 0 Å². The van der Waals surface area contributed by atoms with Crippen molar-refractivity contribution < 1.29 is 8.42 Å². The van der Waals surface area contributed by atoms with Gasteiger partial charge in [0.15, 0.2) is 0 Å². The largest absolute Gasteiger partial charge is 0.372 e. The number of aromatic amines is 1. The molecule has 0 atom stereocenters. The first-order valence-corrected chi connectivity index (χ1v) is 9.81. The van der Waals surface area contributed by atoms with Crippen LogP contribution in [0.2, 0.25) is 0 Å². The van der Waals surface area contributed by atoms with E-state index in [1.807, 2.05) is 12.1 Å². The Bertz CT molecular complexity index is 771. The van der Waals surface area contributed by atoms with E-state index in [1.54, 1.807) is 13.8 Å². The highest BCUT2D eigenvalue weighted by Gasteiger charge is 2.21. The molecule has 1 saturated heterocycles. The normalized spacial score (nSPS) is 15.7. The summed E-state index contributed by atoms with van der Waals surface area (Å²) in [4.78, 5) is 2.63. The quantitative estimate of drug-likeness (QED) is 0.870. The van der Waals surface area contributed by atoms with Crippen molar-refractivity contribution in [2.24, 2.45) is 0 Å². The van der Waals surface area contributed by atoms with Crippen LogP contribution in [0.5, 0.6) is 0 Å². The van der Waals surface area contributed by atoms with Crippen LogP contribution in [-0.2, 0) is 16.6 Å². The van der Waals surface area contributed by atoms with Crippen LogP contribution in [0.15, 0.2) is 29.2 Å². The minimum absolute atomic E-state index is 0.243. The highest BCUT2D eigenvalue weighted by atomic mass is 32.2. The van der Waals surface area contributed by atoms with Crippen LogP contribution < -0.4 is 9.62 Å². The van der Waals surface area contributed by atoms with E-state index < -0.39 is 10.0 Å². The molecule has 1 aliphatic heterocycles. The van der Waals surface area contributed by atoms with Gasteiger partial charge in [-0.3, -0.25) is 5.10 Å². The predicted octanol–water partition coefficient (Wildman–Crippen LogP) is 2.50. The Morgan fingerprint density at radius 1 is 1.12 bits per heavy atom. The molecule has 6 nitrogen and oxygen atoms in total. The number of hydrogen-bond acceptors (Lipinski definition) is 4. The lowest BCUT2D eigenvalue weighted by molar-refractivity contribution is 0.577. The minimum atomic E-state index is -3.56. The molecular formula is C17H24N4O2S. The summed E-state index contributed by atoms with van der Waals surface area (Å²) in [6.07, 6.45) is 3.79. The molecule has 0 saturated carbocycles. The van der Waals surface area contributed by atoms with Crippen LogP contribution in [0.3, 0.4) is 0 Å². The lowest BCUT2D eigenvalue weighted by Crippen LogP contribution is -2.29. The lowest BCUT2D eigenvalue weighted by Gasteiger charge is -2.28. The number of rotatable bonds is 5. The van der Waals surface area contributed by atoms with E-state index in [9.17, 15) is 8.42 Å². The SMILES string of the molecule is Cc1n[nH]c(C)c1S(=O)(=O)NCc1ccc(N2CCCCC2)cc1. The van der Waals surface area contributed by atoms with Gasteiger partial charge in [0.05, 0.1) is 11.4 Å². The van der Waals surface area contributed by atoms with E-state index in [-0.39, 0.29) is 11.4 Å². The Balaban J connectivity index is 1.66. The number of nitrogens with zero attached hydrogens (tertiary/aromatic N) is 2. The van der Waals surface area contributed by atoms with E-state index in [0.29, 0.717) is 11.4 Å². The van der Waals surface area contributed by atoms with Gasteiger partial charge in [-0.2, -0.15) is 5.10 Å². The first kappa shape index (κ1) is 17.0. The van der Waals surface area contributed by atoms with Gasteiger partial charge in [-0.05, 0) is 50.8 Å². The summed E-state index contributed by atoms with van der Waals surface area (Å²) in [5.74, 6) is 0. The maximum Gasteiger partial charge on any atom is 0.244 e. The summed E-state index contributed by atoms with van der Waals surface area (Å²) < 4.78 is 27.5. The summed E-state index contributed by atoms with van der Waals surface area (Å²) in [5, 5.41) is 6.66. The number of aryl methyl sites for hydroxylation is 2. The first-order chi connectivity index (χ1) is 11.5. The molecule has 2 N–H and O–H groups in total. The summed E-state index contributed by atoms with van der Waals surface area (Å²) in [5.41, 5.74) is 3.20. The highest BCUT2D eigenvalue weighted by molar-refractivity contribution is 7.89. The van der Waals surface area contributed by atoms with Crippen LogP contribution in [-0.4, -0.2) is 31.7 Å². The van der Waals surface area contributed by atoms with Crippen LogP contribution in [0, 0.1) is 13.8 Å². The van der Waals surface area contributed by atoms with Gasteiger partial charge in [-0.15, -0.1) is 0 Å². The zero-order valence-electron chi connectivity index (χ0n) is 14.2. The maximum atomic E-state index is 12.4. The van der Waals surface area contributed by atoms with E-state index in [4.69, 9.17) is 0 Å². The van der Waals surface area contributed by atoms with Crippen LogP contribution in [0.1, 0.15) is 36.2 Å². The monoisotopic (exact) mass is 348 g/mol. The van der Waals surface area contributed by atoms with Gasteiger partial charge >= 0.3 is 0 Å². The molecule has 2 aromatic rings. The van der Waals surface area contributed by atoms with E-state index in [0.717, 1.165) is 18.7 Å². The number of piperidine rings is 1. The Morgan fingerprint density at radius 3 is 2.38 bits per heavy atom. The standard InChI is InChI=1S/C17H24N4O2S/c1-13-17(14(2)20-19-13)24(22,23)18-12-15-6-8-16(9-7-15)21-10-4-3-5-11-21/h6-9,18H,3-5,10-12H2,1-2H3,(H,19,20). The zero-order valence-corrected chi connectivity index (χ0v) is 15.0. The van der Waals surface area contributed by atoms with Gasteiger partial charge in [-0.25, -0.2) is 13.1 Å². The second-order valence-corrected chi connectivity index (χ2v) is 8.01. The molecule has 0 bridgehead atoms. The van der Waals surface area contributed by atoms with Gasteiger partial charge in [0.2, 0.25) is 10.0 Å². The van der Waals surface area contributed by atoms with Gasteiger partial charge in [0.25, 0.3) is 0 Å². The summed E-state index contributed by atoms with van der Waals surface area (Å²) in [6.45, 7) is 5.87. The van der Waals surface area contributed by atoms with Crippen LogP contribution in [0.4, 0.5) is 5.69 Å². The smallest absolute Gasteiger partial charge is 0.244 e. The molecule has 1 aliphatic rings. The number of H-pyrrole nitrogens is 1. The van der Waals surface area contributed by atoms with Crippen molar-refractivity contribution in [2.75, 3.05) is 18.0 Å². The van der Waals surface area contributed by atoms with Gasteiger partial charge in [-0.1, -0.05) is 12.1 Å². The fourth-order valence-electron chi connectivity index (χ4n) is 3.16. The van der Waals surface area contributed by atoms with Crippen molar-refractivity contribution in [3.63, 3.8) is 0 Å². The number of anilines is 1. The van der Waals surface area contributed by atoms with E-state index in [2.05, 4.69) is 32.0 Å². The fraction of sp³-hybridized carbons (Fsp3) is 0.471. The minimum Gasteiger partial charge on any atom is -0.372 e. The number of sulfonamides is 1. The van der Waals surface area contributed by atoms with Gasteiger partial charge in [0, 0.05) is 25.3 Å². The summed E-state index contributed by atoms with van der Waals surface area (Å²) >= 11 is 0. The number of benzene rings is 1. The van der Waals surface area contributed by atoms with Crippen LogP contribution in [0.25, 0.3) is 0 Å². The third-order valence-corrected chi connectivity index (χ3v) is 6.12. The van der Waals surface area contributed by atoms with Crippen molar-refractivity contribution in [3.05, 3.63) is 41.2 Å². The molecule has 1 fully saturated rings. The number of nitrogens with one attached hydrogen (secondary N) is 2. The Morgan fingerprint density at radius 2 is 1.79 bits per heavy atom. The molecule has 0 unspecified atom stereocenters. The highest BCUT2D eigenvalue weighted by Crippen LogP contribution is 2.21. The van der Waals surface area contributed by atoms with Crippen molar-refractivity contribution in [2.45, 2.75) is 44.6 Å². The molecule has 0 radical (unpaired) electrons. The Hall–Kier alpha value is -1.86. The third kappa shape index (κ3) is 3.62. The molecule has 0 amide bonds. The van der Waals surface area contributed by atoms with Gasteiger partial charge in [0.1, 0.15) is 4.90 Å². The molecule has 24 heavy (non-hydrogen) atoms. The zero-order chi connectivity index (χ0) is 17.2. The molecule has 0 aliphatic carbocycles. The topological polar surface area (TPSA) is 78.1 Å². The Labute approximate surface area is 143 Å². The van der Waals surface area contributed by atoms with Crippen LogP contribution >= 0.6 is 0 Å². The lowest BCUT2D eigenvalue weighted by atomic mass is 10.1. The van der Waals surface area contributed by atoms with Crippen molar-refractivity contribution in [1.29, 1.82) is 0 Å². The molecule has 3 rings (SSSR count). The average Bonchev–Trinajstić information content (AvgIpc) is 2.94. The predicted molar refractivity (Wildman–Crippen MR) is 94.6 cm³/mol. The number of aromatic nitrogens is 2. The molecule has 1 aromatic carbocycles. The van der Waals surface area contributed by atoms with Crippen molar-refractivity contribution in [3.8, 4) is 0 Å². The van der Waals surface area contributed by atoms with E-state index in [1.165, 1.54) is 24.9 Å². The summed E-state index contributed by atoms with van der Waals surface area (Å²) in [7, 11) is -3.56. The average molecular weight is 348 g/mol.